The van der Waals surface area contributed by atoms with Crippen molar-refractivity contribution in [2.24, 2.45) is 0 Å². The van der Waals surface area contributed by atoms with Gasteiger partial charge in [0.1, 0.15) is 17.2 Å². The fourth-order valence-electron chi connectivity index (χ4n) is 1.53. The summed E-state index contributed by atoms with van der Waals surface area (Å²) in [6, 6.07) is 13.4. The average Bonchev–Trinajstić information content (AvgIpc) is 2.42. The van der Waals surface area contributed by atoms with E-state index in [2.05, 4.69) is 0 Å². The molecule has 4 nitrogen and oxygen atoms in total. The van der Waals surface area contributed by atoms with Crippen molar-refractivity contribution in [1.82, 2.24) is 0 Å². The smallest absolute Gasteiger partial charge is 0.768 e. The number of benzene rings is 2. The predicted octanol–water partition coefficient (Wildman–Crippen LogP) is 0.120. The molecule has 0 spiro atoms. The van der Waals surface area contributed by atoms with E-state index in [4.69, 9.17) is 9.47 Å². The van der Waals surface area contributed by atoms with Gasteiger partial charge in [-0.2, -0.15) is 0 Å². The molecule has 0 aromatic heterocycles. The van der Waals surface area contributed by atoms with Crippen LogP contribution in [-0.4, -0.2) is 15.4 Å². The molecule has 2 aromatic carbocycles. The minimum absolute atomic E-state index is 0. The largest absolute Gasteiger partial charge is 1.00 e. The Balaban J connectivity index is 0.00000200. The second kappa shape index (κ2) is 8.44. The summed E-state index contributed by atoms with van der Waals surface area (Å²) in [6.07, 6.45) is 0. The summed E-state index contributed by atoms with van der Waals surface area (Å²) in [4.78, 5) is 0.235. The molecule has 0 N–H and O–H groups in total. The second-order valence-corrected chi connectivity index (χ2v) is 4.65. The first-order valence-corrected chi connectivity index (χ1v) is 6.86. The predicted molar refractivity (Wildman–Crippen MR) is 71.3 cm³/mol. The van der Waals surface area contributed by atoms with E-state index in [-0.39, 0.29) is 34.5 Å². The number of rotatable bonds is 5. The van der Waals surface area contributed by atoms with Gasteiger partial charge in [0.2, 0.25) is 0 Å². The first kappa shape index (κ1) is 17.2. The summed E-state index contributed by atoms with van der Waals surface area (Å²) in [5, 5.41) is 0. The molecule has 6 heteroatoms. The van der Waals surface area contributed by atoms with E-state index < -0.39 is 11.1 Å². The van der Waals surface area contributed by atoms with Gasteiger partial charge in [-0.05, 0) is 66.5 Å². The monoisotopic (exact) mass is 300 g/mol. The maximum atomic E-state index is 10.7. The Morgan fingerprint density at radius 3 is 1.85 bits per heavy atom. The standard InChI is InChI=1S/C14H14O4S.Na/c1-2-17-11-3-5-12(6-4-11)18-13-7-9-14(10-8-13)19(15)16;/h3-10H,2H2,1H3,(H,15,16);/q;+1/p-1. The van der Waals surface area contributed by atoms with Crippen molar-refractivity contribution >= 4 is 11.1 Å². The Morgan fingerprint density at radius 1 is 0.950 bits per heavy atom. The SMILES string of the molecule is CCOc1ccc(Oc2ccc(S(=O)[O-])cc2)cc1.[Na+]. The summed E-state index contributed by atoms with van der Waals surface area (Å²) in [6.45, 7) is 2.54. The van der Waals surface area contributed by atoms with Gasteiger partial charge < -0.3 is 14.0 Å². The summed E-state index contributed by atoms with van der Waals surface area (Å²) < 4.78 is 32.3. The Bertz CT molecular complexity index is 554. The molecular weight excluding hydrogens is 287 g/mol. The summed E-state index contributed by atoms with van der Waals surface area (Å²) in [5.41, 5.74) is 0. The summed E-state index contributed by atoms with van der Waals surface area (Å²) in [5.74, 6) is 2.03. The molecule has 0 aliphatic carbocycles. The normalized spacial score (nSPS) is 11.3. The second-order valence-electron chi connectivity index (χ2n) is 3.71. The molecule has 0 amide bonds. The van der Waals surface area contributed by atoms with Gasteiger partial charge >= 0.3 is 29.6 Å². The van der Waals surface area contributed by atoms with Crippen LogP contribution in [0, 0.1) is 0 Å². The van der Waals surface area contributed by atoms with Crippen LogP contribution >= 0.6 is 0 Å². The number of hydrogen-bond acceptors (Lipinski definition) is 4. The molecule has 1 atom stereocenters. The van der Waals surface area contributed by atoms with Gasteiger partial charge in [0.05, 0.1) is 6.61 Å². The molecule has 20 heavy (non-hydrogen) atoms. The number of hydrogen-bond donors (Lipinski definition) is 0. The van der Waals surface area contributed by atoms with Crippen molar-refractivity contribution in [1.29, 1.82) is 0 Å². The molecule has 0 aliphatic rings. The van der Waals surface area contributed by atoms with Gasteiger partial charge in [-0.1, -0.05) is 0 Å². The Kier molecular flexibility index (Phi) is 7.26. The Labute approximate surface area is 142 Å². The van der Waals surface area contributed by atoms with Crippen molar-refractivity contribution in [2.45, 2.75) is 11.8 Å². The molecule has 0 saturated carbocycles. The van der Waals surface area contributed by atoms with Crippen molar-refractivity contribution in [3.05, 3.63) is 48.5 Å². The van der Waals surface area contributed by atoms with Crippen LogP contribution in [0.3, 0.4) is 0 Å². The van der Waals surface area contributed by atoms with E-state index in [9.17, 15) is 8.76 Å². The maximum Gasteiger partial charge on any atom is 1.00 e. The molecule has 2 aromatic rings. The van der Waals surface area contributed by atoms with Gasteiger partial charge in [-0.3, -0.25) is 4.21 Å². The number of ether oxygens (including phenoxy) is 2. The molecule has 0 saturated heterocycles. The van der Waals surface area contributed by atoms with Gasteiger partial charge in [0.15, 0.2) is 0 Å². The summed E-state index contributed by atoms with van der Waals surface area (Å²) in [7, 11) is 0. The van der Waals surface area contributed by atoms with Gasteiger partial charge in [-0.25, -0.2) is 0 Å². The van der Waals surface area contributed by atoms with Gasteiger partial charge in [0.25, 0.3) is 0 Å². The van der Waals surface area contributed by atoms with Gasteiger partial charge in [0, 0.05) is 4.90 Å². The fraction of sp³-hybridized carbons (Fsp3) is 0.143. The van der Waals surface area contributed by atoms with Crippen LogP contribution in [0.5, 0.6) is 17.2 Å². The van der Waals surface area contributed by atoms with Crippen LogP contribution in [0.15, 0.2) is 53.4 Å². The molecule has 2 rings (SSSR count). The van der Waals surface area contributed by atoms with E-state index in [0.29, 0.717) is 18.1 Å². The zero-order valence-electron chi connectivity index (χ0n) is 11.4. The molecule has 0 bridgehead atoms. The van der Waals surface area contributed by atoms with Crippen LogP contribution in [-0.2, 0) is 11.1 Å². The van der Waals surface area contributed by atoms with E-state index in [1.54, 1.807) is 24.3 Å². The third kappa shape index (κ3) is 4.92. The maximum absolute atomic E-state index is 10.7. The van der Waals surface area contributed by atoms with E-state index in [1.807, 2.05) is 19.1 Å². The van der Waals surface area contributed by atoms with E-state index in [1.165, 1.54) is 12.1 Å². The van der Waals surface area contributed by atoms with Crippen molar-refractivity contribution in [3.8, 4) is 17.2 Å². The zero-order valence-corrected chi connectivity index (χ0v) is 14.2. The van der Waals surface area contributed by atoms with Crippen molar-refractivity contribution in [2.75, 3.05) is 6.61 Å². The van der Waals surface area contributed by atoms with Crippen LogP contribution < -0.4 is 39.0 Å². The molecule has 100 valence electrons. The minimum Gasteiger partial charge on any atom is -0.768 e. The average molecular weight is 300 g/mol. The first-order chi connectivity index (χ1) is 9.19. The van der Waals surface area contributed by atoms with E-state index >= 15 is 0 Å². The molecule has 1 unspecified atom stereocenters. The molecular formula is C14H13NaO4S. The van der Waals surface area contributed by atoms with Crippen molar-refractivity contribution < 1.29 is 47.8 Å². The van der Waals surface area contributed by atoms with Gasteiger partial charge in [-0.15, -0.1) is 0 Å². The fourth-order valence-corrected chi connectivity index (χ4v) is 1.88. The van der Waals surface area contributed by atoms with Crippen LogP contribution in [0.25, 0.3) is 0 Å². The van der Waals surface area contributed by atoms with Crippen molar-refractivity contribution in [3.63, 3.8) is 0 Å². The quantitative estimate of drug-likeness (QED) is 0.581. The first-order valence-electron chi connectivity index (χ1n) is 5.79. The summed E-state index contributed by atoms with van der Waals surface area (Å²) >= 11 is -2.21. The third-order valence-electron chi connectivity index (χ3n) is 2.39. The Morgan fingerprint density at radius 2 is 1.40 bits per heavy atom. The molecule has 0 fully saturated rings. The minimum atomic E-state index is -2.21. The van der Waals surface area contributed by atoms with Crippen LogP contribution in [0.1, 0.15) is 6.92 Å². The molecule has 0 aliphatic heterocycles. The van der Waals surface area contributed by atoms with Crippen LogP contribution in [0.4, 0.5) is 0 Å². The third-order valence-corrected chi connectivity index (χ3v) is 3.04. The molecule has 0 heterocycles. The zero-order chi connectivity index (χ0) is 13.7. The van der Waals surface area contributed by atoms with E-state index in [0.717, 1.165) is 5.75 Å². The molecule has 0 radical (unpaired) electrons. The Hall–Kier alpha value is -0.850. The topological polar surface area (TPSA) is 58.6 Å². The van der Waals surface area contributed by atoms with Crippen LogP contribution in [0.2, 0.25) is 0 Å².